The summed E-state index contributed by atoms with van der Waals surface area (Å²) in [6.07, 6.45) is -0.552. The van der Waals surface area contributed by atoms with Crippen molar-refractivity contribution in [3.8, 4) is 0 Å². The Balaban J connectivity index is 2.56. The zero-order chi connectivity index (χ0) is 13.8. The van der Waals surface area contributed by atoms with Crippen LogP contribution in [0.1, 0.15) is 31.1 Å². The number of nitrogens with two attached hydrogens (primary N) is 1. The molecule has 1 atom stereocenters. The maximum Gasteiger partial charge on any atom is 0.0916 e. The third-order valence-electron chi connectivity index (χ3n) is 2.74. The van der Waals surface area contributed by atoms with Crippen LogP contribution in [0.2, 0.25) is 0 Å². The Morgan fingerprint density at radius 2 is 1.83 bits per heavy atom. The fraction of sp³-hybridized carbons (Fsp3) is 0.571. The quantitative estimate of drug-likeness (QED) is 0.703. The van der Waals surface area contributed by atoms with E-state index in [-0.39, 0.29) is 0 Å². The molecular formula is C14H24N2O2. The van der Waals surface area contributed by atoms with Crippen LogP contribution >= 0.6 is 0 Å². The number of rotatable bonds is 6. The first-order valence-corrected chi connectivity index (χ1v) is 6.20. The molecule has 0 spiro atoms. The SMILES string of the molecule is CN(CC(O)c1ccc(CN)cc1)CC(C)(C)O. The van der Waals surface area contributed by atoms with E-state index in [1.54, 1.807) is 13.8 Å². The summed E-state index contributed by atoms with van der Waals surface area (Å²) in [4.78, 5) is 1.92. The highest BCUT2D eigenvalue weighted by Gasteiger charge is 2.18. The molecule has 0 aliphatic rings. The molecule has 4 N–H and O–H groups in total. The van der Waals surface area contributed by atoms with E-state index in [1.807, 2.05) is 36.2 Å². The van der Waals surface area contributed by atoms with Crippen molar-refractivity contribution in [2.45, 2.75) is 32.1 Å². The van der Waals surface area contributed by atoms with Crippen molar-refractivity contribution in [2.24, 2.45) is 5.73 Å². The third kappa shape index (κ3) is 5.14. The maximum absolute atomic E-state index is 10.1. The summed E-state index contributed by atoms with van der Waals surface area (Å²) in [5.41, 5.74) is 6.70. The molecule has 1 unspecified atom stereocenters. The average molecular weight is 252 g/mol. The predicted molar refractivity (Wildman–Crippen MR) is 73.1 cm³/mol. The minimum Gasteiger partial charge on any atom is -0.389 e. The van der Waals surface area contributed by atoms with Gasteiger partial charge in [0.05, 0.1) is 11.7 Å². The lowest BCUT2D eigenvalue weighted by Crippen LogP contribution is -2.38. The van der Waals surface area contributed by atoms with Crippen LogP contribution in [-0.4, -0.2) is 40.9 Å². The van der Waals surface area contributed by atoms with Gasteiger partial charge < -0.3 is 20.8 Å². The zero-order valence-electron chi connectivity index (χ0n) is 11.4. The van der Waals surface area contributed by atoms with Crippen LogP contribution in [0.15, 0.2) is 24.3 Å². The smallest absolute Gasteiger partial charge is 0.0916 e. The van der Waals surface area contributed by atoms with Gasteiger partial charge in [0.15, 0.2) is 0 Å². The lowest BCUT2D eigenvalue weighted by molar-refractivity contribution is 0.0284. The van der Waals surface area contributed by atoms with E-state index in [9.17, 15) is 10.2 Å². The lowest BCUT2D eigenvalue weighted by Gasteiger charge is -2.27. The van der Waals surface area contributed by atoms with Gasteiger partial charge in [-0.3, -0.25) is 0 Å². The van der Waals surface area contributed by atoms with Gasteiger partial charge in [-0.05, 0) is 32.0 Å². The van der Waals surface area contributed by atoms with E-state index < -0.39 is 11.7 Å². The Labute approximate surface area is 109 Å². The molecule has 4 nitrogen and oxygen atoms in total. The van der Waals surface area contributed by atoms with Crippen LogP contribution in [0.3, 0.4) is 0 Å². The molecule has 1 aromatic carbocycles. The van der Waals surface area contributed by atoms with Crippen LogP contribution < -0.4 is 5.73 Å². The Bertz CT molecular complexity index is 357. The molecule has 0 radical (unpaired) electrons. The highest BCUT2D eigenvalue weighted by molar-refractivity contribution is 5.24. The van der Waals surface area contributed by atoms with Crippen molar-refractivity contribution in [1.82, 2.24) is 4.90 Å². The highest BCUT2D eigenvalue weighted by atomic mass is 16.3. The van der Waals surface area contributed by atoms with Crippen molar-refractivity contribution < 1.29 is 10.2 Å². The molecule has 1 rings (SSSR count). The van der Waals surface area contributed by atoms with Gasteiger partial charge in [0.25, 0.3) is 0 Å². The molecule has 0 saturated carbocycles. The standard InChI is InChI=1S/C14H24N2O2/c1-14(2,18)10-16(3)9-13(17)12-6-4-11(8-15)5-7-12/h4-7,13,17-18H,8-10,15H2,1-3H3. The molecule has 18 heavy (non-hydrogen) atoms. The van der Waals surface area contributed by atoms with Gasteiger partial charge in [-0.25, -0.2) is 0 Å². The molecule has 4 heteroatoms. The predicted octanol–water partition coefficient (Wildman–Crippen LogP) is 0.881. The van der Waals surface area contributed by atoms with Gasteiger partial charge in [0.2, 0.25) is 0 Å². The van der Waals surface area contributed by atoms with Crippen molar-refractivity contribution >= 4 is 0 Å². The monoisotopic (exact) mass is 252 g/mol. The van der Waals surface area contributed by atoms with Crippen molar-refractivity contribution in [3.63, 3.8) is 0 Å². The summed E-state index contributed by atoms with van der Waals surface area (Å²) in [5, 5.41) is 19.8. The molecule has 0 aliphatic carbocycles. The van der Waals surface area contributed by atoms with E-state index in [0.717, 1.165) is 11.1 Å². The molecule has 0 fully saturated rings. The lowest BCUT2D eigenvalue weighted by atomic mass is 10.1. The second-order valence-corrected chi connectivity index (χ2v) is 5.47. The van der Waals surface area contributed by atoms with Gasteiger partial charge in [0.1, 0.15) is 0 Å². The number of hydrogen-bond acceptors (Lipinski definition) is 4. The molecule has 0 bridgehead atoms. The van der Waals surface area contributed by atoms with E-state index in [1.165, 1.54) is 0 Å². The van der Waals surface area contributed by atoms with Crippen LogP contribution in [-0.2, 0) is 6.54 Å². The zero-order valence-corrected chi connectivity index (χ0v) is 11.4. The van der Waals surface area contributed by atoms with E-state index in [0.29, 0.717) is 19.6 Å². The van der Waals surface area contributed by atoms with E-state index >= 15 is 0 Å². The summed E-state index contributed by atoms with van der Waals surface area (Å²) < 4.78 is 0. The molecule has 0 heterocycles. The minimum absolute atomic E-state index is 0.492. The summed E-state index contributed by atoms with van der Waals surface area (Å²) in [6, 6.07) is 7.64. The normalized spacial score (nSPS) is 13.9. The molecular weight excluding hydrogens is 228 g/mol. The molecule has 102 valence electrons. The molecule has 0 aliphatic heterocycles. The van der Waals surface area contributed by atoms with Crippen LogP contribution in [0.4, 0.5) is 0 Å². The summed E-state index contributed by atoms with van der Waals surface area (Å²) in [5.74, 6) is 0. The Hall–Kier alpha value is -0.940. The first-order chi connectivity index (χ1) is 8.31. The fourth-order valence-corrected chi connectivity index (χ4v) is 2.00. The molecule has 0 amide bonds. The number of aliphatic hydroxyl groups is 2. The summed E-state index contributed by atoms with van der Waals surface area (Å²) >= 11 is 0. The first-order valence-electron chi connectivity index (χ1n) is 6.20. The Kier molecular flexibility index (Phi) is 5.28. The van der Waals surface area contributed by atoms with Crippen LogP contribution in [0.5, 0.6) is 0 Å². The number of hydrogen-bond donors (Lipinski definition) is 3. The molecule has 1 aromatic rings. The van der Waals surface area contributed by atoms with Gasteiger partial charge in [-0.2, -0.15) is 0 Å². The van der Waals surface area contributed by atoms with Gasteiger partial charge in [-0.15, -0.1) is 0 Å². The second kappa shape index (κ2) is 6.29. The highest BCUT2D eigenvalue weighted by Crippen LogP contribution is 2.15. The Morgan fingerprint density at radius 1 is 1.28 bits per heavy atom. The summed E-state index contributed by atoms with van der Waals surface area (Å²) in [6.45, 7) is 5.03. The average Bonchev–Trinajstić information content (AvgIpc) is 2.26. The summed E-state index contributed by atoms with van der Waals surface area (Å²) in [7, 11) is 1.88. The third-order valence-corrected chi connectivity index (χ3v) is 2.74. The van der Waals surface area contributed by atoms with Crippen LogP contribution in [0.25, 0.3) is 0 Å². The van der Waals surface area contributed by atoms with Gasteiger partial charge in [-0.1, -0.05) is 24.3 Å². The van der Waals surface area contributed by atoms with Crippen LogP contribution in [0, 0.1) is 0 Å². The molecule has 0 aromatic heterocycles. The van der Waals surface area contributed by atoms with Gasteiger partial charge >= 0.3 is 0 Å². The number of likely N-dealkylation sites (N-methyl/N-ethyl adjacent to an activating group) is 1. The fourth-order valence-electron chi connectivity index (χ4n) is 2.00. The number of nitrogens with zero attached hydrogens (tertiary/aromatic N) is 1. The Morgan fingerprint density at radius 3 is 2.28 bits per heavy atom. The molecule has 0 saturated heterocycles. The largest absolute Gasteiger partial charge is 0.389 e. The maximum atomic E-state index is 10.1. The minimum atomic E-state index is -0.752. The van der Waals surface area contributed by atoms with E-state index in [4.69, 9.17) is 5.73 Å². The number of aliphatic hydroxyl groups excluding tert-OH is 1. The topological polar surface area (TPSA) is 69.7 Å². The second-order valence-electron chi connectivity index (χ2n) is 5.47. The van der Waals surface area contributed by atoms with Crippen molar-refractivity contribution in [3.05, 3.63) is 35.4 Å². The first kappa shape index (κ1) is 15.1. The van der Waals surface area contributed by atoms with Gasteiger partial charge in [0, 0.05) is 19.6 Å². The van der Waals surface area contributed by atoms with Crippen molar-refractivity contribution in [1.29, 1.82) is 0 Å². The van der Waals surface area contributed by atoms with E-state index in [2.05, 4.69) is 0 Å². The number of benzene rings is 1. The van der Waals surface area contributed by atoms with Crippen molar-refractivity contribution in [2.75, 3.05) is 20.1 Å².